The summed E-state index contributed by atoms with van der Waals surface area (Å²) in [5.41, 5.74) is 3.39. The molecule has 4 rings (SSSR count). The predicted octanol–water partition coefficient (Wildman–Crippen LogP) is 6.33. The Morgan fingerprint density at radius 2 is 1.77 bits per heavy atom. The molecule has 6 nitrogen and oxygen atoms in total. The van der Waals surface area contributed by atoms with Gasteiger partial charge in [-0.15, -0.1) is 0 Å². The van der Waals surface area contributed by atoms with Crippen molar-refractivity contribution in [1.82, 2.24) is 4.98 Å². The molecule has 0 aliphatic carbocycles. The standard InChI is InChI=1S/C26H19ClF2N6/c1-35(2)24-8-3-15(25(29)20(24)12-31)13-32-17-5-7-23-19(9-17)26(16(11-30)14-33-23)34-18-4-6-22(28)21(27)10-18/h3-10,14,32H,13H2,1-2H3,(H,33,34). The maximum absolute atomic E-state index is 14.9. The van der Waals surface area contributed by atoms with Crippen molar-refractivity contribution in [3.63, 3.8) is 0 Å². The van der Waals surface area contributed by atoms with Crippen LogP contribution in [-0.2, 0) is 6.54 Å². The van der Waals surface area contributed by atoms with E-state index in [-0.39, 0.29) is 17.1 Å². The molecule has 0 spiro atoms. The van der Waals surface area contributed by atoms with E-state index in [0.717, 1.165) is 0 Å². The fraction of sp³-hybridized carbons (Fsp3) is 0.115. The van der Waals surface area contributed by atoms with Crippen LogP contribution in [-0.4, -0.2) is 19.1 Å². The van der Waals surface area contributed by atoms with E-state index in [1.807, 2.05) is 6.07 Å². The first-order valence-electron chi connectivity index (χ1n) is 10.5. The summed E-state index contributed by atoms with van der Waals surface area (Å²) in [5, 5.41) is 25.9. The molecule has 35 heavy (non-hydrogen) atoms. The van der Waals surface area contributed by atoms with Crippen molar-refractivity contribution in [2.45, 2.75) is 6.54 Å². The number of benzene rings is 3. The summed E-state index contributed by atoms with van der Waals surface area (Å²) >= 11 is 5.90. The zero-order chi connectivity index (χ0) is 25.1. The van der Waals surface area contributed by atoms with Gasteiger partial charge in [0, 0.05) is 49.2 Å². The molecular formula is C26H19ClF2N6. The van der Waals surface area contributed by atoms with Crippen LogP contribution in [0, 0.1) is 34.3 Å². The third kappa shape index (κ3) is 4.79. The van der Waals surface area contributed by atoms with E-state index in [9.17, 15) is 19.3 Å². The molecule has 0 aliphatic rings. The fourth-order valence-corrected chi connectivity index (χ4v) is 3.84. The quantitative estimate of drug-likeness (QED) is 0.329. The number of nitriles is 2. The summed E-state index contributed by atoms with van der Waals surface area (Å²) in [6.45, 7) is 0.140. The fourth-order valence-electron chi connectivity index (χ4n) is 3.66. The summed E-state index contributed by atoms with van der Waals surface area (Å²) in [6.07, 6.45) is 1.45. The van der Waals surface area contributed by atoms with Gasteiger partial charge >= 0.3 is 0 Å². The summed E-state index contributed by atoms with van der Waals surface area (Å²) in [4.78, 5) is 6.02. The molecule has 2 N–H and O–H groups in total. The van der Waals surface area contributed by atoms with Crippen LogP contribution in [0.4, 0.5) is 31.5 Å². The van der Waals surface area contributed by atoms with Gasteiger partial charge < -0.3 is 15.5 Å². The minimum Gasteiger partial charge on any atom is -0.381 e. The molecule has 0 radical (unpaired) electrons. The highest BCUT2D eigenvalue weighted by molar-refractivity contribution is 6.31. The molecule has 0 atom stereocenters. The topological polar surface area (TPSA) is 87.8 Å². The molecule has 4 aromatic rings. The number of aromatic nitrogens is 1. The van der Waals surface area contributed by atoms with E-state index in [2.05, 4.69) is 21.7 Å². The minimum absolute atomic E-state index is 0.0138. The Bertz CT molecular complexity index is 1520. The Hall–Kier alpha value is -4.40. The van der Waals surface area contributed by atoms with Crippen LogP contribution in [0.25, 0.3) is 10.9 Å². The third-order valence-corrected chi connectivity index (χ3v) is 5.74. The van der Waals surface area contributed by atoms with E-state index in [1.54, 1.807) is 49.3 Å². The molecule has 174 valence electrons. The molecular weight excluding hydrogens is 470 g/mol. The Labute approximate surface area is 206 Å². The van der Waals surface area contributed by atoms with Crippen molar-refractivity contribution in [3.8, 4) is 12.1 Å². The van der Waals surface area contributed by atoms with Gasteiger partial charge in [-0.2, -0.15) is 10.5 Å². The first-order valence-corrected chi connectivity index (χ1v) is 10.9. The van der Waals surface area contributed by atoms with Crippen LogP contribution in [0.5, 0.6) is 0 Å². The van der Waals surface area contributed by atoms with Gasteiger partial charge in [-0.1, -0.05) is 17.7 Å². The number of nitrogens with one attached hydrogen (secondary N) is 2. The average Bonchev–Trinajstić information content (AvgIpc) is 2.85. The third-order valence-electron chi connectivity index (χ3n) is 5.45. The molecule has 9 heteroatoms. The Kier molecular flexibility index (Phi) is 6.68. The first kappa shape index (κ1) is 23.7. The number of anilines is 4. The zero-order valence-electron chi connectivity index (χ0n) is 18.8. The van der Waals surface area contributed by atoms with Crippen molar-refractivity contribution in [2.75, 3.05) is 29.6 Å². The van der Waals surface area contributed by atoms with E-state index in [4.69, 9.17) is 11.6 Å². The van der Waals surface area contributed by atoms with Crippen molar-refractivity contribution in [3.05, 3.63) is 88.1 Å². The molecule has 0 amide bonds. The van der Waals surface area contributed by atoms with Gasteiger partial charge in [0.15, 0.2) is 0 Å². The molecule has 0 aliphatic heterocycles. The van der Waals surface area contributed by atoms with Crippen molar-refractivity contribution in [1.29, 1.82) is 10.5 Å². The largest absolute Gasteiger partial charge is 0.381 e. The summed E-state index contributed by atoms with van der Waals surface area (Å²) in [6, 6.07) is 16.9. The van der Waals surface area contributed by atoms with Gasteiger partial charge in [0.2, 0.25) is 0 Å². The maximum Gasteiger partial charge on any atom is 0.148 e. The van der Waals surface area contributed by atoms with Gasteiger partial charge in [0.1, 0.15) is 29.3 Å². The van der Waals surface area contributed by atoms with Gasteiger partial charge in [-0.05, 0) is 42.5 Å². The SMILES string of the molecule is CN(C)c1ccc(CNc2ccc3ncc(C#N)c(Nc4ccc(F)c(Cl)c4)c3c2)c(F)c1C#N. The Balaban J connectivity index is 1.68. The average molecular weight is 489 g/mol. The summed E-state index contributed by atoms with van der Waals surface area (Å²) in [7, 11) is 3.50. The highest BCUT2D eigenvalue weighted by atomic mass is 35.5. The summed E-state index contributed by atoms with van der Waals surface area (Å²) < 4.78 is 28.5. The van der Waals surface area contributed by atoms with Crippen molar-refractivity contribution < 1.29 is 8.78 Å². The number of nitrogens with zero attached hydrogens (tertiary/aromatic N) is 4. The summed E-state index contributed by atoms with van der Waals surface area (Å²) in [5.74, 6) is -1.12. The second kappa shape index (κ2) is 9.84. The Morgan fingerprint density at radius 1 is 1.00 bits per heavy atom. The predicted molar refractivity (Wildman–Crippen MR) is 134 cm³/mol. The van der Waals surface area contributed by atoms with Gasteiger partial charge in [-0.3, -0.25) is 4.98 Å². The minimum atomic E-state index is -0.573. The number of hydrogen-bond donors (Lipinski definition) is 2. The lowest BCUT2D eigenvalue weighted by molar-refractivity contribution is 0.609. The van der Waals surface area contributed by atoms with Crippen LogP contribution in [0.3, 0.4) is 0 Å². The van der Waals surface area contributed by atoms with E-state index >= 15 is 0 Å². The normalized spacial score (nSPS) is 10.5. The molecule has 1 aromatic heterocycles. The second-order valence-electron chi connectivity index (χ2n) is 7.94. The molecule has 3 aromatic carbocycles. The van der Waals surface area contributed by atoms with E-state index in [1.165, 1.54) is 24.4 Å². The molecule has 1 heterocycles. The Morgan fingerprint density at radius 3 is 2.46 bits per heavy atom. The van der Waals surface area contributed by atoms with Crippen LogP contribution in [0.2, 0.25) is 5.02 Å². The van der Waals surface area contributed by atoms with E-state index < -0.39 is 11.6 Å². The smallest absolute Gasteiger partial charge is 0.148 e. The number of halogens is 3. The lowest BCUT2D eigenvalue weighted by atomic mass is 10.1. The first-order chi connectivity index (χ1) is 16.8. The highest BCUT2D eigenvalue weighted by Crippen LogP contribution is 2.32. The van der Waals surface area contributed by atoms with Crippen LogP contribution in [0.15, 0.2) is 54.7 Å². The molecule has 0 bridgehead atoms. The number of pyridine rings is 1. The lowest BCUT2D eigenvalue weighted by Gasteiger charge is -2.17. The monoisotopic (exact) mass is 488 g/mol. The second-order valence-corrected chi connectivity index (χ2v) is 8.34. The van der Waals surface area contributed by atoms with Gasteiger partial charge in [-0.25, -0.2) is 8.78 Å². The van der Waals surface area contributed by atoms with Crippen LogP contribution in [0.1, 0.15) is 16.7 Å². The van der Waals surface area contributed by atoms with Crippen LogP contribution < -0.4 is 15.5 Å². The number of hydrogen-bond acceptors (Lipinski definition) is 6. The molecule has 0 saturated heterocycles. The number of fused-ring (bicyclic) bond motifs is 1. The highest BCUT2D eigenvalue weighted by Gasteiger charge is 2.15. The van der Waals surface area contributed by atoms with Crippen LogP contribution >= 0.6 is 11.6 Å². The molecule has 0 fully saturated rings. The van der Waals surface area contributed by atoms with E-state index in [0.29, 0.717) is 44.8 Å². The zero-order valence-corrected chi connectivity index (χ0v) is 19.6. The van der Waals surface area contributed by atoms with Crippen molar-refractivity contribution in [2.24, 2.45) is 0 Å². The van der Waals surface area contributed by atoms with Gasteiger partial charge in [0.25, 0.3) is 0 Å². The molecule has 0 saturated carbocycles. The molecule has 0 unspecified atom stereocenters. The van der Waals surface area contributed by atoms with Gasteiger partial charge in [0.05, 0.1) is 27.5 Å². The maximum atomic E-state index is 14.9. The lowest BCUT2D eigenvalue weighted by Crippen LogP contribution is -2.13. The number of rotatable bonds is 6. The van der Waals surface area contributed by atoms with Crippen molar-refractivity contribution >= 4 is 45.3 Å².